The van der Waals surface area contributed by atoms with E-state index in [0.717, 1.165) is 31.5 Å². The average Bonchev–Trinajstić information content (AvgIpc) is 2.93. The minimum Gasteiger partial charge on any atom is -0.334 e. The minimum atomic E-state index is 0.0104. The van der Waals surface area contributed by atoms with E-state index in [0.29, 0.717) is 5.56 Å². The van der Waals surface area contributed by atoms with Gasteiger partial charge in [0, 0.05) is 37.2 Å². The topological polar surface area (TPSA) is 63.6 Å². The first-order valence-corrected chi connectivity index (χ1v) is 7.16. The van der Waals surface area contributed by atoms with E-state index in [2.05, 4.69) is 4.98 Å². The van der Waals surface area contributed by atoms with Gasteiger partial charge in [0.05, 0.1) is 5.56 Å². The molecule has 0 bridgehead atoms. The van der Waals surface area contributed by atoms with Crippen LogP contribution in [-0.4, -0.2) is 38.8 Å². The molecule has 20 heavy (non-hydrogen) atoms. The summed E-state index contributed by atoms with van der Waals surface area (Å²) >= 11 is 0. The maximum absolute atomic E-state index is 12.7. The van der Waals surface area contributed by atoms with Crippen molar-refractivity contribution in [2.75, 3.05) is 6.54 Å². The van der Waals surface area contributed by atoms with Gasteiger partial charge in [-0.3, -0.25) is 4.79 Å². The molecular formula is C15H20N4O. The standard InChI is InChI=1S/C15H20N4O/c1-11(16)13-4-2-3-8-19(13)15(20)12-5-6-14-17-7-9-18(14)10-12/h5-7,9-11,13H,2-4,8,16H2,1H3/t11-,13-/m1/s1. The third-order valence-electron chi connectivity index (χ3n) is 4.05. The highest BCUT2D eigenvalue weighted by molar-refractivity contribution is 5.94. The Bertz CT molecular complexity index is 619. The van der Waals surface area contributed by atoms with Crippen molar-refractivity contribution in [3.63, 3.8) is 0 Å². The molecule has 3 rings (SSSR count). The Morgan fingerprint density at radius 2 is 2.30 bits per heavy atom. The zero-order valence-electron chi connectivity index (χ0n) is 11.7. The maximum Gasteiger partial charge on any atom is 0.255 e. The Balaban J connectivity index is 1.89. The monoisotopic (exact) mass is 272 g/mol. The van der Waals surface area contributed by atoms with Gasteiger partial charge in [0.25, 0.3) is 5.91 Å². The predicted molar refractivity (Wildman–Crippen MR) is 77.5 cm³/mol. The van der Waals surface area contributed by atoms with E-state index in [1.165, 1.54) is 0 Å². The third-order valence-corrected chi connectivity index (χ3v) is 4.05. The number of aromatic nitrogens is 2. The van der Waals surface area contributed by atoms with E-state index in [-0.39, 0.29) is 18.0 Å². The van der Waals surface area contributed by atoms with Crippen molar-refractivity contribution in [2.24, 2.45) is 5.73 Å². The van der Waals surface area contributed by atoms with Gasteiger partial charge in [-0.15, -0.1) is 0 Å². The number of amides is 1. The van der Waals surface area contributed by atoms with Crippen molar-refractivity contribution in [3.8, 4) is 0 Å². The minimum absolute atomic E-state index is 0.0104. The molecule has 106 valence electrons. The summed E-state index contributed by atoms with van der Waals surface area (Å²) in [7, 11) is 0. The lowest BCUT2D eigenvalue weighted by atomic mass is 9.96. The van der Waals surface area contributed by atoms with Gasteiger partial charge in [-0.2, -0.15) is 0 Å². The second-order valence-corrected chi connectivity index (χ2v) is 5.53. The molecule has 1 amide bonds. The SMILES string of the molecule is C[C@@H](N)[C@H]1CCCCN1C(=O)c1ccc2nccn2c1. The number of nitrogens with zero attached hydrogens (tertiary/aromatic N) is 3. The Morgan fingerprint density at radius 3 is 3.10 bits per heavy atom. The number of piperidine rings is 1. The van der Waals surface area contributed by atoms with Crippen LogP contribution in [0, 0.1) is 0 Å². The molecule has 0 radical (unpaired) electrons. The Labute approximate surface area is 118 Å². The summed E-state index contributed by atoms with van der Waals surface area (Å²) in [5.41, 5.74) is 7.59. The van der Waals surface area contributed by atoms with Crippen molar-refractivity contribution in [1.82, 2.24) is 14.3 Å². The number of fused-ring (bicyclic) bond motifs is 1. The summed E-state index contributed by atoms with van der Waals surface area (Å²) < 4.78 is 1.87. The number of rotatable bonds is 2. The molecule has 2 atom stereocenters. The average molecular weight is 272 g/mol. The van der Waals surface area contributed by atoms with E-state index >= 15 is 0 Å². The second kappa shape index (κ2) is 5.25. The van der Waals surface area contributed by atoms with Gasteiger partial charge in [0.1, 0.15) is 5.65 Å². The van der Waals surface area contributed by atoms with Crippen molar-refractivity contribution < 1.29 is 4.79 Å². The molecule has 3 heterocycles. The highest BCUT2D eigenvalue weighted by Gasteiger charge is 2.29. The lowest BCUT2D eigenvalue weighted by molar-refractivity contribution is 0.0583. The fourth-order valence-electron chi connectivity index (χ4n) is 2.97. The fraction of sp³-hybridized carbons (Fsp3) is 0.467. The number of imidazole rings is 1. The van der Waals surface area contributed by atoms with Crippen LogP contribution in [0.1, 0.15) is 36.5 Å². The lowest BCUT2D eigenvalue weighted by Crippen LogP contribution is -2.51. The van der Waals surface area contributed by atoms with E-state index in [9.17, 15) is 4.79 Å². The smallest absolute Gasteiger partial charge is 0.255 e. The van der Waals surface area contributed by atoms with Crippen LogP contribution in [0.5, 0.6) is 0 Å². The van der Waals surface area contributed by atoms with Gasteiger partial charge in [0.2, 0.25) is 0 Å². The molecule has 2 aromatic heterocycles. The fourth-order valence-corrected chi connectivity index (χ4v) is 2.97. The second-order valence-electron chi connectivity index (χ2n) is 5.53. The summed E-state index contributed by atoms with van der Waals surface area (Å²) in [4.78, 5) is 18.8. The van der Waals surface area contributed by atoms with Crippen LogP contribution in [0.3, 0.4) is 0 Å². The molecule has 0 aliphatic carbocycles. The summed E-state index contributed by atoms with van der Waals surface area (Å²) in [6.45, 7) is 2.78. The van der Waals surface area contributed by atoms with Gasteiger partial charge < -0.3 is 15.0 Å². The van der Waals surface area contributed by atoms with Crippen molar-refractivity contribution in [2.45, 2.75) is 38.3 Å². The predicted octanol–water partition coefficient (Wildman–Crippen LogP) is 1.68. The number of pyridine rings is 1. The molecule has 2 aromatic rings. The van der Waals surface area contributed by atoms with Crippen LogP contribution in [0.15, 0.2) is 30.7 Å². The molecule has 1 aliphatic heterocycles. The highest BCUT2D eigenvalue weighted by atomic mass is 16.2. The third kappa shape index (κ3) is 2.29. The first-order valence-electron chi connectivity index (χ1n) is 7.16. The Morgan fingerprint density at radius 1 is 1.45 bits per heavy atom. The van der Waals surface area contributed by atoms with Crippen molar-refractivity contribution in [3.05, 3.63) is 36.3 Å². The van der Waals surface area contributed by atoms with E-state index in [4.69, 9.17) is 5.73 Å². The number of hydrogen-bond donors (Lipinski definition) is 1. The van der Waals surface area contributed by atoms with E-state index in [1.807, 2.05) is 40.8 Å². The molecule has 0 aromatic carbocycles. The number of hydrogen-bond acceptors (Lipinski definition) is 3. The maximum atomic E-state index is 12.7. The molecule has 1 fully saturated rings. The summed E-state index contributed by atoms with van der Waals surface area (Å²) in [5.74, 6) is 0.0719. The van der Waals surface area contributed by atoms with E-state index < -0.39 is 0 Å². The number of carbonyl (C=O) groups excluding carboxylic acids is 1. The number of nitrogens with two attached hydrogens (primary N) is 1. The van der Waals surface area contributed by atoms with Gasteiger partial charge in [-0.25, -0.2) is 4.98 Å². The van der Waals surface area contributed by atoms with Gasteiger partial charge in [-0.1, -0.05) is 0 Å². The van der Waals surface area contributed by atoms with Crippen LogP contribution < -0.4 is 5.73 Å². The van der Waals surface area contributed by atoms with Gasteiger partial charge in [-0.05, 0) is 38.3 Å². The molecule has 5 heteroatoms. The molecule has 1 aliphatic rings. The van der Waals surface area contributed by atoms with Crippen LogP contribution >= 0.6 is 0 Å². The first kappa shape index (κ1) is 13.1. The summed E-state index contributed by atoms with van der Waals surface area (Å²) in [5, 5.41) is 0. The number of likely N-dealkylation sites (tertiary alicyclic amines) is 1. The summed E-state index contributed by atoms with van der Waals surface area (Å²) in [6, 6.07) is 3.88. The molecule has 0 saturated carbocycles. The molecular weight excluding hydrogens is 252 g/mol. The van der Waals surface area contributed by atoms with Crippen LogP contribution in [-0.2, 0) is 0 Å². The summed E-state index contributed by atoms with van der Waals surface area (Å²) in [6.07, 6.45) is 8.63. The molecule has 5 nitrogen and oxygen atoms in total. The molecule has 0 spiro atoms. The largest absolute Gasteiger partial charge is 0.334 e. The zero-order chi connectivity index (χ0) is 14.1. The molecule has 1 saturated heterocycles. The first-order chi connectivity index (χ1) is 9.66. The van der Waals surface area contributed by atoms with Gasteiger partial charge in [0.15, 0.2) is 0 Å². The van der Waals surface area contributed by atoms with Crippen molar-refractivity contribution in [1.29, 1.82) is 0 Å². The van der Waals surface area contributed by atoms with E-state index in [1.54, 1.807) is 6.20 Å². The van der Waals surface area contributed by atoms with Crippen LogP contribution in [0.4, 0.5) is 0 Å². The lowest BCUT2D eigenvalue weighted by Gasteiger charge is -2.38. The molecule has 0 unspecified atom stereocenters. The van der Waals surface area contributed by atoms with Crippen molar-refractivity contribution >= 4 is 11.6 Å². The number of carbonyl (C=O) groups is 1. The van der Waals surface area contributed by atoms with Gasteiger partial charge >= 0.3 is 0 Å². The molecule has 2 N–H and O–H groups in total. The van der Waals surface area contributed by atoms with Crippen LogP contribution in [0.2, 0.25) is 0 Å². The van der Waals surface area contributed by atoms with Crippen LogP contribution in [0.25, 0.3) is 5.65 Å². The highest BCUT2D eigenvalue weighted by Crippen LogP contribution is 2.21. The normalized spacial score (nSPS) is 21.1. The Kier molecular flexibility index (Phi) is 3.44. The Hall–Kier alpha value is -1.88. The zero-order valence-corrected chi connectivity index (χ0v) is 11.7. The quantitative estimate of drug-likeness (QED) is 0.904.